The highest BCUT2D eigenvalue weighted by Gasteiger charge is 2.10. The molecule has 1 heterocycles. The molecule has 2 N–H and O–H groups in total. The first-order valence-electron chi connectivity index (χ1n) is 4.84. The smallest absolute Gasteiger partial charge is 0.277 e. The fraction of sp³-hybridized carbons (Fsp3) is 0. The average molecular weight is 228 g/mol. The van der Waals surface area contributed by atoms with E-state index in [9.17, 15) is 4.79 Å². The fourth-order valence-electron chi connectivity index (χ4n) is 1.76. The SMILES string of the molecule is NC(=O)c1nc2ccc3ccccc3c2s1. The molecule has 0 atom stereocenters. The fourth-order valence-corrected chi connectivity index (χ4v) is 2.71. The van der Waals surface area contributed by atoms with Crippen molar-refractivity contribution in [2.45, 2.75) is 0 Å². The molecule has 16 heavy (non-hydrogen) atoms. The number of thiazole rings is 1. The summed E-state index contributed by atoms with van der Waals surface area (Å²) in [5, 5.41) is 2.63. The quantitative estimate of drug-likeness (QED) is 0.695. The zero-order valence-electron chi connectivity index (χ0n) is 8.31. The van der Waals surface area contributed by atoms with Gasteiger partial charge in [0.1, 0.15) is 0 Å². The number of benzene rings is 2. The van der Waals surface area contributed by atoms with Crippen LogP contribution in [0.15, 0.2) is 36.4 Å². The van der Waals surface area contributed by atoms with Gasteiger partial charge in [0, 0.05) is 5.39 Å². The van der Waals surface area contributed by atoms with Crippen LogP contribution in [0.5, 0.6) is 0 Å². The molecule has 78 valence electrons. The van der Waals surface area contributed by atoms with Crippen molar-refractivity contribution >= 4 is 38.2 Å². The molecule has 0 aliphatic heterocycles. The highest BCUT2D eigenvalue weighted by atomic mass is 32.1. The van der Waals surface area contributed by atoms with Crippen molar-refractivity contribution in [1.82, 2.24) is 4.98 Å². The maximum Gasteiger partial charge on any atom is 0.277 e. The monoisotopic (exact) mass is 228 g/mol. The summed E-state index contributed by atoms with van der Waals surface area (Å²) in [6, 6.07) is 12.0. The Morgan fingerprint density at radius 2 is 2.00 bits per heavy atom. The predicted molar refractivity (Wildman–Crippen MR) is 65.6 cm³/mol. The molecule has 3 aromatic rings. The summed E-state index contributed by atoms with van der Waals surface area (Å²) in [7, 11) is 0. The van der Waals surface area contributed by atoms with E-state index in [1.54, 1.807) is 0 Å². The Morgan fingerprint density at radius 3 is 2.81 bits per heavy atom. The van der Waals surface area contributed by atoms with Crippen molar-refractivity contribution < 1.29 is 4.79 Å². The van der Waals surface area contributed by atoms with Crippen LogP contribution >= 0.6 is 11.3 Å². The van der Waals surface area contributed by atoms with Crippen molar-refractivity contribution in [3.8, 4) is 0 Å². The van der Waals surface area contributed by atoms with Gasteiger partial charge in [-0.1, -0.05) is 30.3 Å². The van der Waals surface area contributed by atoms with Crippen LogP contribution in [0.25, 0.3) is 21.0 Å². The van der Waals surface area contributed by atoms with Gasteiger partial charge >= 0.3 is 0 Å². The minimum absolute atomic E-state index is 0.367. The number of hydrogen-bond donors (Lipinski definition) is 1. The minimum Gasteiger partial charge on any atom is -0.364 e. The van der Waals surface area contributed by atoms with Crippen molar-refractivity contribution in [2.75, 3.05) is 0 Å². The predicted octanol–water partition coefficient (Wildman–Crippen LogP) is 2.55. The Hall–Kier alpha value is -1.94. The van der Waals surface area contributed by atoms with Crippen LogP contribution in [0.4, 0.5) is 0 Å². The summed E-state index contributed by atoms with van der Waals surface area (Å²) in [6.45, 7) is 0. The van der Waals surface area contributed by atoms with Gasteiger partial charge in [0.2, 0.25) is 0 Å². The van der Waals surface area contributed by atoms with Crippen molar-refractivity contribution in [2.24, 2.45) is 5.73 Å². The summed E-state index contributed by atoms with van der Waals surface area (Å²) in [5.74, 6) is -0.467. The molecule has 0 bridgehead atoms. The van der Waals surface area contributed by atoms with Crippen LogP contribution in [0, 0.1) is 0 Å². The maximum atomic E-state index is 11.1. The third kappa shape index (κ3) is 1.27. The van der Waals surface area contributed by atoms with Gasteiger partial charge in [-0.15, -0.1) is 11.3 Å². The minimum atomic E-state index is -0.467. The van der Waals surface area contributed by atoms with Gasteiger partial charge in [-0.3, -0.25) is 4.79 Å². The van der Waals surface area contributed by atoms with E-state index in [4.69, 9.17) is 5.73 Å². The lowest BCUT2D eigenvalue weighted by Crippen LogP contribution is -2.09. The number of amides is 1. The third-order valence-electron chi connectivity index (χ3n) is 2.49. The summed E-state index contributed by atoms with van der Waals surface area (Å²) < 4.78 is 1.02. The second-order valence-electron chi connectivity index (χ2n) is 3.52. The Morgan fingerprint density at radius 1 is 1.19 bits per heavy atom. The standard InChI is InChI=1S/C12H8N2OS/c13-11(15)12-14-9-6-5-7-3-1-2-4-8(7)10(9)16-12/h1-6H,(H2,13,15). The van der Waals surface area contributed by atoms with Gasteiger partial charge in [0.05, 0.1) is 10.2 Å². The zero-order valence-corrected chi connectivity index (χ0v) is 9.12. The topological polar surface area (TPSA) is 56.0 Å². The van der Waals surface area contributed by atoms with Crippen LogP contribution in [0.1, 0.15) is 9.80 Å². The van der Waals surface area contributed by atoms with E-state index >= 15 is 0 Å². The first-order chi connectivity index (χ1) is 7.75. The highest BCUT2D eigenvalue weighted by Crippen LogP contribution is 2.29. The molecule has 0 radical (unpaired) electrons. The molecule has 0 aliphatic carbocycles. The molecule has 0 saturated heterocycles. The lowest BCUT2D eigenvalue weighted by Gasteiger charge is -1.96. The number of primary amides is 1. The van der Waals surface area contributed by atoms with E-state index in [2.05, 4.69) is 4.98 Å². The molecule has 0 saturated carbocycles. The Balaban J connectivity index is 2.46. The first kappa shape index (κ1) is 9.30. The highest BCUT2D eigenvalue weighted by molar-refractivity contribution is 7.21. The van der Waals surface area contributed by atoms with E-state index in [0.29, 0.717) is 5.01 Å². The van der Waals surface area contributed by atoms with Crippen LogP contribution in [-0.4, -0.2) is 10.9 Å². The number of fused-ring (bicyclic) bond motifs is 3. The van der Waals surface area contributed by atoms with E-state index < -0.39 is 5.91 Å². The van der Waals surface area contributed by atoms with Gasteiger partial charge in [-0.25, -0.2) is 4.98 Å². The normalized spacial score (nSPS) is 11.0. The van der Waals surface area contributed by atoms with Gasteiger partial charge in [-0.05, 0) is 11.5 Å². The second-order valence-corrected chi connectivity index (χ2v) is 4.52. The Labute approximate surface area is 95.5 Å². The molecule has 1 aromatic heterocycles. The lowest BCUT2D eigenvalue weighted by atomic mass is 10.1. The molecular formula is C12H8N2OS. The zero-order chi connectivity index (χ0) is 11.1. The van der Waals surface area contributed by atoms with Crippen molar-refractivity contribution in [3.63, 3.8) is 0 Å². The van der Waals surface area contributed by atoms with Crippen LogP contribution in [-0.2, 0) is 0 Å². The van der Waals surface area contributed by atoms with Crippen molar-refractivity contribution in [3.05, 3.63) is 41.4 Å². The Kier molecular flexibility index (Phi) is 1.91. The molecular weight excluding hydrogens is 220 g/mol. The maximum absolute atomic E-state index is 11.1. The van der Waals surface area contributed by atoms with Crippen LogP contribution in [0.2, 0.25) is 0 Å². The van der Waals surface area contributed by atoms with E-state index in [0.717, 1.165) is 21.0 Å². The largest absolute Gasteiger partial charge is 0.364 e. The molecule has 1 amide bonds. The lowest BCUT2D eigenvalue weighted by molar-refractivity contribution is 0.1000. The van der Waals surface area contributed by atoms with Gasteiger partial charge in [-0.2, -0.15) is 0 Å². The Bertz CT molecular complexity index is 702. The number of carbonyl (C=O) groups is 1. The number of rotatable bonds is 1. The van der Waals surface area contributed by atoms with E-state index in [1.807, 2.05) is 36.4 Å². The van der Waals surface area contributed by atoms with Crippen LogP contribution in [0.3, 0.4) is 0 Å². The molecule has 4 heteroatoms. The number of nitrogens with two attached hydrogens (primary N) is 1. The van der Waals surface area contributed by atoms with Gasteiger partial charge < -0.3 is 5.73 Å². The molecule has 2 aromatic carbocycles. The average Bonchev–Trinajstić information content (AvgIpc) is 2.73. The molecule has 0 unspecified atom stereocenters. The number of aromatic nitrogens is 1. The molecule has 0 spiro atoms. The van der Waals surface area contributed by atoms with Gasteiger partial charge in [0.25, 0.3) is 5.91 Å². The second kappa shape index (κ2) is 3.28. The first-order valence-corrected chi connectivity index (χ1v) is 5.65. The van der Waals surface area contributed by atoms with E-state index in [-0.39, 0.29) is 0 Å². The molecule has 3 rings (SSSR count). The summed E-state index contributed by atoms with van der Waals surface area (Å²) in [6.07, 6.45) is 0. The number of carbonyl (C=O) groups excluding carboxylic acids is 1. The number of nitrogens with zero attached hydrogens (tertiary/aromatic N) is 1. The summed E-state index contributed by atoms with van der Waals surface area (Å²) in [5.41, 5.74) is 6.06. The number of hydrogen-bond acceptors (Lipinski definition) is 3. The molecule has 0 fully saturated rings. The molecule has 3 nitrogen and oxygen atoms in total. The summed E-state index contributed by atoms with van der Waals surface area (Å²) >= 11 is 1.35. The van der Waals surface area contributed by atoms with Crippen LogP contribution < -0.4 is 5.73 Å². The van der Waals surface area contributed by atoms with Gasteiger partial charge in [0.15, 0.2) is 5.01 Å². The van der Waals surface area contributed by atoms with Crippen molar-refractivity contribution in [1.29, 1.82) is 0 Å². The van der Waals surface area contributed by atoms with E-state index in [1.165, 1.54) is 11.3 Å². The molecule has 0 aliphatic rings. The summed E-state index contributed by atoms with van der Waals surface area (Å²) in [4.78, 5) is 15.3. The third-order valence-corrected chi connectivity index (χ3v) is 3.61.